The summed E-state index contributed by atoms with van der Waals surface area (Å²) in [4.78, 5) is 24.0. The quantitative estimate of drug-likeness (QED) is 0.0607. The van der Waals surface area contributed by atoms with E-state index in [0.29, 0.717) is 28.3 Å². The molecule has 0 aliphatic carbocycles. The van der Waals surface area contributed by atoms with Crippen LogP contribution in [0.3, 0.4) is 0 Å². The smallest absolute Gasteiger partial charge is 0.416 e. The number of aryl methyl sites for hydroxylation is 4. The van der Waals surface area contributed by atoms with Gasteiger partial charge < -0.3 is 26.4 Å². The van der Waals surface area contributed by atoms with Crippen LogP contribution in [-0.4, -0.2) is 90.0 Å². The zero-order valence-corrected chi connectivity index (χ0v) is 39.0. The number of hydrogen-bond donors (Lipinski definition) is 5. The van der Waals surface area contributed by atoms with Gasteiger partial charge in [-0.25, -0.2) is 14.2 Å². The minimum Gasteiger partial charge on any atom is -0.478 e. The van der Waals surface area contributed by atoms with E-state index in [2.05, 4.69) is 36.1 Å². The first-order valence-corrected chi connectivity index (χ1v) is 21.5. The lowest BCUT2D eigenvalue weighted by Gasteiger charge is -2.13. The molecule has 0 unspecified atom stereocenters. The average molecular weight is 1000 g/mol. The third-order valence-corrected chi connectivity index (χ3v) is 11.2. The number of benzene rings is 4. The highest BCUT2D eigenvalue weighted by atomic mass is 19.4. The van der Waals surface area contributed by atoms with E-state index in [4.69, 9.17) is 21.1 Å². The Morgan fingerprint density at radius 3 is 1.51 bits per heavy atom. The van der Waals surface area contributed by atoms with E-state index in [1.807, 2.05) is 41.8 Å². The molecule has 0 spiro atoms. The van der Waals surface area contributed by atoms with Crippen LogP contribution in [0.4, 0.5) is 37.7 Å². The predicted molar refractivity (Wildman–Crippen MR) is 257 cm³/mol. The van der Waals surface area contributed by atoms with Crippen LogP contribution < -0.4 is 11.1 Å². The van der Waals surface area contributed by atoms with Crippen molar-refractivity contribution < 1.29 is 51.3 Å². The maximum atomic E-state index is 13.3. The molecule has 0 bridgehead atoms. The number of aromatic carboxylic acids is 1. The summed E-state index contributed by atoms with van der Waals surface area (Å²) in [5.74, 6) is -1.55. The Hall–Kier alpha value is -8.18. The van der Waals surface area contributed by atoms with Crippen molar-refractivity contribution >= 4 is 23.3 Å². The number of carbonyl (C=O) groups is 2. The molecule has 1 amide bonds. The molecule has 0 saturated heterocycles. The van der Waals surface area contributed by atoms with Crippen LogP contribution in [0.2, 0.25) is 0 Å². The van der Waals surface area contributed by atoms with Gasteiger partial charge in [0.1, 0.15) is 11.4 Å². The fourth-order valence-corrected chi connectivity index (χ4v) is 7.06. The van der Waals surface area contributed by atoms with Gasteiger partial charge in [-0.05, 0) is 123 Å². The molecular formula is C49H52F6N12O5. The Morgan fingerprint density at radius 2 is 1.08 bits per heavy atom. The summed E-state index contributed by atoms with van der Waals surface area (Å²) in [5.41, 5.74) is 12.8. The maximum absolute atomic E-state index is 13.3. The number of nitrogens with zero attached hydrogens (tertiary/aromatic N) is 10. The van der Waals surface area contributed by atoms with Crippen molar-refractivity contribution in [3.8, 4) is 33.9 Å². The standard InChI is InChI=1S/C24H23F3N6O2.C15H15N5O2.C9H10F3NO.CH4/c1-14-4-5-17(10-22(14)33-13-21(30-31-33)20-12-28-32(3)15(20)2)23(35)29-19-9-16(6-7-34)8-18(11-19)24(25,26)27;1-9-4-5-11(15(21)22)6-14(9)20-8-13(17-18-20)12-7-16-19(3)10(12)2;10-9(11,12)7-3-6(1-2-14)4-8(13)5-7;/h4-5,8-13,34H,6-7H2,1-3H3,(H,29,35);4-8H,1-3H3,(H,21,22);3-5,14H,1-2,13H2;1H4. The second kappa shape index (κ2) is 22.7. The molecule has 0 radical (unpaired) electrons. The number of rotatable bonds is 11. The number of carboxylic acids is 1. The van der Waals surface area contributed by atoms with Crippen molar-refractivity contribution in [2.75, 3.05) is 24.3 Å². The molecule has 0 fully saturated rings. The van der Waals surface area contributed by atoms with Gasteiger partial charge in [-0.2, -0.15) is 36.5 Å². The molecule has 72 heavy (non-hydrogen) atoms. The molecule has 0 saturated carbocycles. The SMILES string of the molecule is C.Cc1ccc(C(=O)Nc2cc(CCO)cc(C(F)(F)F)c2)cc1-n1cc(-c2cnn(C)c2C)nn1.Cc1ccc(C(=O)O)cc1-n1cc(-c2cnn(C)c2C)nn1.Nc1cc(CCO)cc(C(F)(F)F)c1. The topological polar surface area (TPSA) is 230 Å². The van der Waals surface area contributed by atoms with Gasteiger partial charge in [0.05, 0.1) is 52.9 Å². The molecule has 4 aromatic carbocycles. The second-order valence-electron chi connectivity index (χ2n) is 16.2. The molecule has 4 heterocycles. The molecule has 0 atom stereocenters. The van der Waals surface area contributed by atoms with Gasteiger partial charge in [0.15, 0.2) is 0 Å². The van der Waals surface area contributed by atoms with E-state index in [9.17, 15) is 35.9 Å². The number of amides is 1. The number of alkyl halides is 6. The molecule has 8 rings (SSSR count). The van der Waals surface area contributed by atoms with E-state index in [1.165, 1.54) is 16.8 Å². The van der Waals surface area contributed by atoms with Gasteiger partial charge in [0.25, 0.3) is 5.91 Å². The number of carbonyl (C=O) groups excluding carboxylic acids is 1. The largest absolute Gasteiger partial charge is 0.478 e. The Bertz CT molecular complexity index is 3190. The second-order valence-corrected chi connectivity index (χ2v) is 16.2. The summed E-state index contributed by atoms with van der Waals surface area (Å²) >= 11 is 0. The van der Waals surface area contributed by atoms with Gasteiger partial charge in [-0.3, -0.25) is 14.2 Å². The van der Waals surface area contributed by atoms with E-state index in [0.717, 1.165) is 57.9 Å². The Labute approximate surface area is 409 Å². The van der Waals surface area contributed by atoms with Gasteiger partial charge in [0.2, 0.25) is 0 Å². The maximum Gasteiger partial charge on any atom is 0.416 e. The molecule has 4 aromatic heterocycles. The average Bonchev–Trinajstić information content (AvgIpc) is 4.12. The number of aliphatic hydroxyl groups excluding tert-OH is 2. The van der Waals surface area contributed by atoms with Crippen molar-refractivity contribution in [3.63, 3.8) is 0 Å². The van der Waals surface area contributed by atoms with Crippen LogP contribution in [0.15, 0.2) is 97.6 Å². The molecule has 380 valence electrons. The first-order chi connectivity index (χ1) is 33.5. The van der Waals surface area contributed by atoms with E-state index in [-0.39, 0.29) is 61.5 Å². The van der Waals surface area contributed by atoms with Crippen LogP contribution in [0.5, 0.6) is 0 Å². The number of nitrogen functional groups attached to an aromatic ring is 1. The molecule has 0 aliphatic rings. The Kier molecular flexibility index (Phi) is 17.3. The van der Waals surface area contributed by atoms with Crippen LogP contribution in [-0.2, 0) is 39.3 Å². The van der Waals surface area contributed by atoms with E-state index in [1.54, 1.807) is 75.2 Å². The number of aliphatic hydroxyl groups is 2. The summed E-state index contributed by atoms with van der Waals surface area (Å²) in [6.07, 6.45) is -1.83. The van der Waals surface area contributed by atoms with E-state index >= 15 is 0 Å². The fourth-order valence-electron chi connectivity index (χ4n) is 7.06. The van der Waals surface area contributed by atoms with Crippen LogP contribution in [0.25, 0.3) is 33.9 Å². The molecule has 17 nitrogen and oxygen atoms in total. The van der Waals surface area contributed by atoms with Crippen molar-refractivity contribution in [2.45, 2.75) is 60.3 Å². The number of hydrogen-bond acceptors (Lipinski definition) is 11. The van der Waals surface area contributed by atoms with Crippen molar-refractivity contribution in [1.82, 2.24) is 49.5 Å². The van der Waals surface area contributed by atoms with Crippen molar-refractivity contribution in [1.29, 1.82) is 0 Å². The first kappa shape index (κ1) is 54.8. The molecule has 0 aliphatic heterocycles. The number of nitrogens with one attached hydrogen (secondary N) is 1. The molecule has 6 N–H and O–H groups in total. The summed E-state index contributed by atoms with van der Waals surface area (Å²) in [7, 11) is 3.69. The lowest BCUT2D eigenvalue weighted by Crippen LogP contribution is -2.15. The van der Waals surface area contributed by atoms with E-state index < -0.39 is 35.4 Å². The predicted octanol–water partition coefficient (Wildman–Crippen LogP) is 8.53. The third kappa shape index (κ3) is 13.2. The summed E-state index contributed by atoms with van der Waals surface area (Å²) in [5, 5.41) is 54.4. The monoisotopic (exact) mass is 1000 g/mol. The summed E-state index contributed by atoms with van der Waals surface area (Å²) < 4.78 is 83.3. The van der Waals surface area contributed by atoms with Crippen LogP contribution >= 0.6 is 0 Å². The van der Waals surface area contributed by atoms with Gasteiger partial charge in [-0.15, -0.1) is 10.2 Å². The molecular weight excluding hydrogens is 951 g/mol. The van der Waals surface area contributed by atoms with Gasteiger partial charge in [-0.1, -0.05) is 30.0 Å². The first-order valence-electron chi connectivity index (χ1n) is 21.5. The lowest BCUT2D eigenvalue weighted by atomic mass is 10.1. The normalized spacial score (nSPS) is 11.2. The number of aromatic nitrogens is 10. The van der Waals surface area contributed by atoms with Crippen LogP contribution in [0, 0.1) is 27.7 Å². The fraction of sp³-hybridized carbons (Fsp3) is 0.265. The third-order valence-electron chi connectivity index (χ3n) is 11.2. The number of carboxylic acid groups (broad SMARTS) is 1. The van der Waals surface area contributed by atoms with Crippen molar-refractivity contribution in [3.05, 3.63) is 153 Å². The minimum absolute atomic E-state index is 0. The number of nitrogens with two attached hydrogens (primary N) is 1. The lowest BCUT2D eigenvalue weighted by molar-refractivity contribution is -0.138. The van der Waals surface area contributed by atoms with Crippen molar-refractivity contribution in [2.24, 2.45) is 14.1 Å². The number of anilines is 2. The highest BCUT2D eigenvalue weighted by molar-refractivity contribution is 6.04. The summed E-state index contributed by atoms with van der Waals surface area (Å²) in [6.45, 7) is 7.11. The minimum atomic E-state index is -4.58. The highest BCUT2D eigenvalue weighted by Gasteiger charge is 2.32. The van der Waals surface area contributed by atoms with Gasteiger partial charge >= 0.3 is 18.3 Å². The Balaban J connectivity index is 0.000000221. The highest BCUT2D eigenvalue weighted by Crippen LogP contribution is 2.33. The Morgan fingerprint density at radius 1 is 0.639 bits per heavy atom. The zero-order chi connectivity index (χ0) is 51.9. The zero-order valence-electron chi connectivity index (χ0n) is 39.0. The number of halogens is 6. The van der Waals surface area contributed by atoms with Gasteiger partial charge in [0, 0.05) is 66.8 Å². The summed E-state index contributed by atoms with van der Waals surface area (Å²) in [6, 6.07) is 16.4. The molecule has 8 aromatic rings. The van der Waals surface area contributed by atoms with Crippen LogP contribution in [0.1, 0.15) is 72.9 Å². The molecule has 23 heteroatoms.